The molecule has 0 saturated carbocycles. The van der Waals surface area contributed by atoms with E-state index in [9.17, 15) is 4.79 Å². The molecule has 1 nitrogen and oxygen atoms in total. The van der Waals surface area contributed by atoms with E-state index in [0.29, 0.717) is 18.6 Å². The Kier molecular flexibility index (Phi) is 2.78. The molecule has 20 heavy (non-hydrogen) atoms. The van der Waals surface area contributed by atoms with Gasteiger partial charge < -0.3 is 0 Å². The number of rotatable bonds is 0. The normalized spacial score (nSPS) is 17.1. The molecule has 98 valence electrons. The Balaban J connectivity index is 2.04. The van der Waals surface area contributed by atoms with Crippen molar-refractivity contribution in [2.45, 2.75) is 29.1 Å². The zero-order valence-electron chi connectivity index (χ0n) is 11.1. The van der Waals surface area contributed by atoms with Crippen molar-refractivity contribution in [2.75, 3.05) is 0 Å². The summed E-state index contributed by atoms with van der Waals surface area (Å²) < 4.78 is 0. The van der Waals surface area contributed by atoms with Gasteiger partial charge in [0.25, 0.3) is 0 Å². The van der Waals surface area contributed by atoms with Gasteiger partial charge in [-0.05, 0) is 40.8 Å². The Hall–Kier alpha value is -1.80. The molecule has 0 amide bonds. The maximum Gasteiger partial charge on any atom is 0.137 e. The fraction of sp³-hybridized carbons (Fsp3) is 0.167. The minimum absolute atomic E-state index is 0.364. The first-order valence-electron chi connectivity index (χ1n) is 6.93. The maximum absolute atomic E-state index is 11.9. The number of carbonyl (C=O) groups is 1. The van der Waals surface area contributed by atoms with Crippen molar-refractivity contribution in [3.05, 3.63) is 59.7 Å². The Bertz CT molecular complexity index is 743. The van der Waals surface area contributed by atoms with Crippen LogP contribution in [0.5, 0.6) is 0 Å². The molecule has 2 aromatic rings. The van der Waals surface area contributed by atoms with Gasteiger partial charge >= 0.3 is 0 Å². The fourth-order valence-corrected chi connectivity index (χ4v) is 4.22. The molecular weight excluding hydrogens is 264 g/mol. The number of allylic oxidation sites excluding steroid dienone is 2. The zero-order valence-corrected chi connectivity index (χ0v) is 11.9. The molecule has 2 aliphatic rings. The van der Waals surface area contributed by atoms with Crippen LogP contribution in [0.25, 0.3) is 11.1 Å². The van der Waals surface area contributed by atoms with Gasteiger partial charge in [-0.15, -0.1) is 0 Å². The predicted octanol–water partition coefficient (Wildman–Crippen LogP) is 4.82. The minimum atomic E-state index is 0.364. The van der Waals surface area contributed by atoms with Gasteiger partial charge in [0, 0.05) is 22.6 Å². The number of hydrogen-bond acceptors (Lipinski definition) is 2. The van der Waals surface area contributed by atoms with E-state index in [1.807, 2.05) is 11.8 Å². The molecule has 0 unspecified atom stereocenters. The summed E-state index contributed by atoms with van der Waals surface area (Å²) in [7, 11) is 0. The second-order valence-electron chi connectivity index (χ2n) is 5.27. The predicted molar refractivity (Wildman–Crippen MR) is 82.7 cm³/mol. The molecule has 2 heteroatoms. The highest BCUT2D eigenvalue weighted by atomic mass is 32.2. The first-order valence-corrected chi connectivity index (χ1v) is 7.75. The Labute approximate surface area is 122 Å². The summed E-state index contributed by atoms with van der Waals surface area (Å²) in [5.41, 5.74) is 5.18. The number of fused-ring (bicyclic) bond motifs is 4. The Morgan fingerprint density at radius 2 is 1.35 bits per heavy atom. The molecule has 0 aromatic heterocycles. The summed E-state index contributed by atoms with van der Waals surface area (Å²) in [5.74, 6) is 0.364. The fourth-order valence-electron chi connectivity index (χ4n) is 3.09. The van der Waals surface area contributed by atoms with Crippen molar-refractivity contribution in [1.82, 2.24) is 0 Å². The standard InChI is InChI=1S/C18H14OS/c19-12-9-10-13-14-5-1-3-7-17(14)20-18-8-4-2-6-15(18)16(13)11-12/h1-8H,9-11H2. The molecule has 0 N–H and O–H groups in total. The van der Waals surface area contributed by atoms with Crippen LogP contribution >= 0.6 is 11.8 Å². The Morgan fingerprint density at radius 1 is 0.750 bits per heavy atom. The van der Waals surface area contributed by atoms with Crippen molar-refractivity contribution >= 4 is 28.7 Å². The molecule has 0 bridgehead atoms. The topological polar surface area (TPSA) is 17.1 Å². The van der Waals surface area contributed by atoms with E-state index in [2.05, 4.69) is 48.5 Å². The molecule has 1 aliphatic carbocycles. The van der Waals surface area contributed by atoms with E-state index in [0.717, 1.165) is 6.42 Å². The lowest BCUT2D eigenvalue weighted by atomic mass is 9.83. The van der Waals surface area contributed by atoms with Crippen molar-refractivity contribution in [1.29, 1.82) is 0 Å². The first-order chi connectivity index (χ1) is 9.83. The van der Waals surface area contributed by atoms with Crippen molar-refractivity contribution in [2.24, 2.45) is 0 Å². The van der Waals surface area contributed by atoms with E-state index in [1.165, 1.54) is 32.1 Å². The monoisotopic (exact) mass is 278 g/mol. The summed E-state index contributed by atoms with van der Waals surface area (Å²) >= 11 is 1.82. The lowest BCUT2D eigenvalue weighted by Crippen LogP contribution is -2.08. The van der Waals surface area contributed by atoms with Crippen molar-refractivity contribution in [3.63, 3.8) is 0 Å². The van der Waals surface area contributed by atoms with E-state index in [-0.39, 0.29) is 0 Å². The lowest BCUT2D eigenvalue weighted by Gasteiger charge is -2.20. The summed E-state index contributed by atoms with van der Waals surface area (Å²) in [4.78, 5) is 14.5. The van der Waals surface area contributed by atoms with Gasteiger partial charge in [0.1, 0.15) is 5.78 Å². The van der Waals surface area contributed by atoms with E-state index in [4.69, 9.17) is 0 Å². The third kappa shape index (κ3) is 1.83. The molecule has 0 fully saturated rings. The van der Waals surface area contributed by atoms with E-state index >= 15 is 0 Å². The highest BCUT2D eigenvalue weighted by molar-refractivity contribution is 7.99. The van der Waals surface area contributed by atoms with Gasteiger partial charge in [-0.3, -0.25) is 4.79 Å². The number of carbonyl (C=O) groups excluding carboxylic acids is 1. The largest absolute Gasteiger partial charge is 0.299 e. The highest BCUT2D eigenvalue weighted by Gasteiger charge is 2.26. The lowest BCUT2D eigenvalue weighted by molar-refractivity contribution is -0.118. The van der Waals surface area contributed by atoms with Crippen LogP contribution < -0.4 is 0 Å². The van der Waals surface area contributed by atoms with Gasteiger partial charge in [0.15, 0.2) is 0 Å². The van der Waals surface area contributed by atoms with Crippen molar-refractivity contribution in [3.8, 4) is 0 Å². The maximum atomic E-state index is 11.9. The van der Waals surface area contributed by atoms with Gasteiger partial charge in [0.05, 0.1) is 0 Å². The van der Waals surface area contributed by atoms with E-state index < -0.39 is 0 Å². The molecule has 0 atom stereocenters. The second kappa shape index (κ2) is 4.64. The molecule has 1 aliphatic heterocycles. The van der Waals surface area contributed by atoms with Crippen LogP contribution in [0.4, 0.5) is 0 Å². The first kappa shape index (κ1) is 12.0. The van der Waals surface area contributed by atoms with Crippen LogP contribution in [-0.4, -0.2) is 5.78 Å². The molecule has 2 aromatic carbocycles. The van der Waals surface area contributed by atoms with Crippen molar-refractivity contribution < 1.29 is 4.79 Å². The van der Waals surface area contributed by atoms with E-state index in [1.54, 1.807) is 0 Å². The summed E-state index contributed by atoms with van der Waals surface area (Å²) in [6.45, 7) is 0. The van der Waals surface area contributed by atoms with Crippen LogP contribution in [-0.2, 0) is 4.79 Å². The SMILES string of the molecule is O=C1CCC2=C(C1)c1ccccc1Sc1ccccc12. The molecule has 0 spiro atoms. The second-order valence-corrected chi connectivity index (χ2v) is 6.35. The molecule has 1 heterocycles. The van der Waals surface area contributed by atoms with Crippen LogP contribution in [0.1, 0.15) is 30.4 Å². The summed E-state index contributed by atoms with van der Waals surface area (Å²) in [5, 5.41) is 0. The Morgan fingerprint density at radius 3 is 2.05 bits per heavy atom. The van der Waals surface area contributed by atoms with Crippen LogP contribution in [0.15, 0.2) is 58.3 Å². The molecule has 0 radical (unpaired) electrons. The third-order valence-corrected chi connectivity index (χ3v) is 5.19. The molecule has 4 rings (SSSR count). The van der Waals surface area contributed by atoms with Crippen LogP contribution in [0, 0.1) is 0 Å². The van der Waals surface area contributed by atoms with Gasteiger partial charge in [-0.1, -0.05) is 48.2 Å². The number of hydrogen-bond donors (Lipinski definition) is 0. The molecular formula is C18H14OS. The highest BCUT2D eigenvalue weighted by Crippen LogP contribution is 2.47. The number of benzene rings is 2. The van der Waals surface area contributed by atoms with Gasteiger partial charge in [0.2, 0.25) is 0 Å². The third-order valence-electron chi connectivity index (χ3n) is 4.04. The quantitative estimate of drug-likeness (QED) is 0.687. The smallest absolute Gasteiger partial charge is 0.137 e. The molecule has 0 saturated heterocycles. The number of Topliss-reactive ketones (excluding diaryl/α,β-unsaturated/α-hetero) is 1. The average molecular weight is 278 g/mol. The summed E-state index contributed by atoms with van der Waals surface area (Å²) in [6.07, 6.45) is 2.14. The minimum Gasteiger partial charge on any atom is -0.299 e. The van der Waals surface area contributed by atoms with Crippen LogP contribution in [0.2, 0.25) is 0 Å². The average Bonchev–Trinajstić information content (AvgIpc) is 2.61. The zero-order chi connectivity index (χ0) is 13.5. The van der Waals surface area contributed by atoms with Gasteiger partial charge in [-0.25, -0.2) is 0 Å². The number of ketones is 1. The summed E-state index contributed by atoms with van der Waals surface area (Å²) in [6, 6.07) is 17.0. The van der Waals surface area contributed by atoms with Gasteiger partial charge in [-0.2, -0.15) is 0 Å². The van der Waals surface area contributed by atoms with Crippen LogP contribution in [0.3, 0.4) is 0 Å².